The topological polar surface area (TPSA) is 81.1 Å². The van der Waals surface area contributed by atoms with E-state index in [4.69, 9.17) is 9.47 Å². The molecule has 2 aromatic carbocycles. The largest absolute Gasteiger partial charge is 0.486 e. The number of aryl methyl sites for hydroxylation is 1. The van der Waals surface area contributed by atoms with Crippen molar-refractivity contribution in [2.45, 2.75) is 33.2 Å². The Kier molecular flexibility index (Phi) is 7.89. The van der Waals surface area contributed by atoms with Gasteiger partial charge in [-0.2, -0.15) is 0 Å². The van der Waals surface area contributed by atoms with Crippen LogP contribution >= 0.6 is 0 Å². The highest BCUT2D eigenvalue weighted by Crippen LogP contribution is 2.32. The Morgan fingerprint density at radius 2 is 1.74 bits per heavy atom. The smallest absolute Gasteiger partial charge is 0.279 e. The average molecular weight is 427 g/mol. The van der Waals surface area contributed by atoms with Gasteiger partial charge in [-0.1, -0.05) is 31.2 Å². The van der Waals surface area contributed by atoms with Gasteiger partial charge in [-0.15, -0.1) is 0 Å². The number of hydrogen-bond acceptors (Lipinski definition) is 4. The van der Waals surface area contributed by atoms with E-state index in [0.717, 1.165) is 40.4 Å². The standard InChI is InChI=1S/C24H31N3O4/c1-4-11-27(16-24(29)26-20-8-6-5-7-17(20)2)15-23(28)25-18(3)19-9-10-21-22(14-19)31-13-12-30-21/h5-10,14,18H,4,11-13,15-16H2,1-3H3,(H,25,28)(H,26,29)/p+1/t18-/m0/s1. The van der Waals surface area contributed by atoms with Crippen LogP contribution in [0, 0.1) is 6.92 Å². The fraction of sp³-hybridized carbons (Fsp3) is 0.417. The second-order valence-electron chi connectivity index (χ2n) is 7.91. The minimum Gasteiger partial charge on any atom is -0.486 e. The van der Waals surface area contributed by atoms with Gasteiger partial charge in [-0.05, 0) is 49.6 Å². The minimum atomic E-state index is -0.174. The Bertz CT molecular complexity index is 915. The third-order valence-electron chi connectivity index (χ3n) is 5.29. The number of carbonyl (C=O) groups excluding carboxylic acids is 2. The number of para-hydroxylation sites is 1. The highest BCUT2D eigenvalue weighted by molar-refractivity contribution is 5.92. The molecule has 3 rings (SSSR count). The third kappa shape index (κ3) is 6.46. The van der Waals surface area contributed by atoms with Gasteiger partial charge in [0.15, 0.2) is 24.6 Å². The summed E-state index contributed by atoms with van der Waals surface area (Å²) in [7, 11) is 0. The van der Waals surface area contributed by atoms with Crippen LogP contribution in [0.25, 0.3) is 0 Å². The molecule has 2 atom stereocenters. The van der Waals surface area contributed by atoms with Crippen molar-refractivity contribution in [3.63, 3.8) is 0 Å². The Morgan fingerprint density at radius 3 is 2.48 bits per heavy atom. The highest BCUT2D eigenvalue weighted by atomic mass is 16.6. The lowest BCUT2D eigenvalue weighted by atomic mass is 10.1. The predicted molar refractivity (Wildman–Crippen MR) is 120 cm³/mol. The molecule has 31 heavy (non-hydrogen) atoms. The SMILES string of the molecule is CCC[NH+](CC(=O)Nc1ccccc1C)CC(=O)N[C@@H](C)c1ccc2c(c1)OCCO2. The van der Waals surface area contributed by atoms with E-state index in [1.807, 2.05) is 56.3 Å². The van der Waals surface area contributed by atoms with Gasteiger partial charge in [-0.3, -0.25) is 9.59 Å². The molecule has 1 heterocycles. The van der Waals surface area contributed by atoms with Gasteiger partial charge in [0, 0.05) is 5.69 Å². The van der Waals surface area contributed by atoms with Gasteiger partial charge in [0.2, 0.25) is 0 Å². The van der Waals surface area contributed by atoms with Crippen LogP contribution in [0.15, 0.2) is 42.5 Å². The molecule has 1 aliphatic rings. The molecule has 0 saturated heterocycles. The quantitative estimate of drug-likeness (QED) is 0.572. The van der Waals surface area contributed by atoms with Crippen LogP contribution in [0.5, 0.6) is 11.5 Å². The van der Waals surface area contributed by atoms with Crippen molar-refractivity contribution in [2.75, 3.05) is 38.2 Å². The predicted octanol–water partition coefficient (Wildman–Crippen LogP) is 1.88. The average Bonchev–Trinajstić information content (AvgIpc) is 2.75. The Morgan fingerprint density at radius 1 is 1.03 bits per heavy atom. The number of hydrogen-bond donors (Lipinski definition) is 3. The molecule has 0 bridgehead atoms. The molecule has 0 fully saturated rings. The molecule has 1 aliphatic heterocycles. The van der Waals surface area contributed by atoms with Crippen LogP contribution in [-0.2, 0) is 9.59 Å². The molecule has 166 valence electrons. The second-order valence-corrected chi connectivity index (χ2v) is 7.91. The molecule has 3 N–H and O–H groups in total. The van der Waals surface area contributed by atoms with Gasteiger partial charge < -0.3 is 25.0 Å². The first kappa shape index (κ1) is 22.6. The van der Waals surface area contributed by atoms with Crippen LogP contribution in [0.4, 0.5) is 5.69 Å². The molecular formula is C24H32N3O4+. The Hall–Kier alpha value is -3.06. The number of carbonyl (C=O) groups is 2. The zero-order chi connectivity index (χ0) is 22.2. The summed E-state index contributed by atoms with van der Waals surface area (Å²) in [5, 5.41) is 5.99. The van der Waals surface area contributed by atoms with E-state index in [0.29, 0.717) is 19.0 Å². The molecule has 0 saturated carbocycles. The van der Waals surface area contributed by atoms with Crippen molar-refractivity contribution in [1.29, 1.82) is 0 Å². The van der Waals surface area contributed by atoms with Crippen LogP contribution in [0.3, 0.4) is 0 Å². The Balaban J connectivity index is 1.54. The van der Waals surface area contributed by atoms with Crippen LogP contribution < -0.4 is 25.0 Å². The van der Waals surface area contributed by atoms with Crippen molar-refractivity contribution < 1.29 is 24.0 Å². The van der Waals surface area contributed by atoms with Crippen molar-refractivity contribution in [1.82, 2.24) is 5.32 Å². The molecule has 0 aliphatic carbocycles. The number of nitrogens with one attached hydrogen (secondary N) is 3. The summed E-state index contributed by atoms with van der Waals surface area (Å²) in [6, 6.07) is 13.2. The minimum absolute atomic E-state index is 0.0884. The number of quaternary nitrogens is 1. The number of ether oxygens (including phenoxy) is 2. The monoisotopic (exact) mass is 426 g/mol. The zero-order valence-electron chi connectivity index (χ0n) is 18.5. The maximum absolute atomic E-state index is 12.7. The summed E-state index contributed by atoms with van der Waals surface area (Å²) in [6.45, 7) is 8.25. The number of anilines is 1. The van der Waals surface area contributed by atoms with E-state index in [1.54, 1.807) is 0 Å². The van der Waals surface area contributed by atoms with Gasteiger partial charge in [0.1, 0.15) is 13.2 Å². The fourth-order valence-corrected chi connectivity index (χ4v) is 3.66. The molecule has 7 heteroatoms. The summed E-state index contributed by atoms with van der Waals surface area (Å²) >= 11 is 0. The molecule has 2 aromatic rings. The summed E-state index contributed by atoms with van der Waals surface area (Å²) in [5.74, 6) is 1.25. The zero-order valence-corrected chi connectivity index (χ0v) is 18.5. The second kappa shape index (κ2) is 10.8. The van der Waals surface area contributed by atoms with Crippen LogP contribution in [0.2, 0.25) is 0 Å². The van der Waals surface area contributed by atoms with E-state index in [1.165, 1.54) is 0 Å². The third-order valence-corrected chi connectivity index (χ3v) is 5.29. The molecule has 0 radical (unpaired) electrons. The van der Waals surface area contributed by atoms with Crippen molar-refractivity contribution in [2.24, 2.45) is 0 Å². The maximum Gasteiger partial charge on any atom is 0.279 e. The molecule has 7 nitrogen and oxygen atoms in total. The van der Waals surface area contributed by atoms with Crippen molar-refractivity contribution in [3.05, 3.63) is 53.6 Å². The van der Waals surface area contributed by atoms with Gasteiger partial charge in [0.25, 0.3) is 11.8 Å². The van der Waals surface area contributed by atoms with Gasteiger partial charge >= 0.3 is 0 Å². The summed E-state index contributed by atoms with van der Waals surface area (Å²) < 4.78 is 11.2. The summed E-state index contributed by atoms with van der Waals surface area (Å²) in [6.07, 6.45) is 0.887. The normalized spacial score (nSPS) is 14.4. The van der Waals surface area contributed by atoms with E-state index in [2.05, 4.69) is 17.6 Å². The molecule has 2 amide bonds. The van der Waals surface area contributed by atoms with Gasteiger partial charge in [0.05, 0.1) is 12.6 Å². The first-order chi connectivity index (χ1) is 15.0. The van der Waals surface area contributed by atoms with E-state index >= 15 is 0 Å². The van der Waals surface area contributed by atoms with E-state index in [-0.39, 0.29) is 30.9 Å². The van der Waals surface area contributed by atoms with Gasteiger partial charge in [-0.25, -0.2) is 0 Å². The lowest BCUT2D eigenvalue weighted by Gasteiger charge is -2.22. The molecule has 0 aromatic heterocycles. The summed E-state index contributed by atoms with van der Waals surface area (Å²) in [5.41, 5.74) is 2.77. The molecule has 0 spiro atoms. The molecule has 1 unspecified atom stereocenters. The first-order valence-corrected chi connectivity index (χ1v) is 10.8. The van der Waals surface area contributed by atoms with Crippen molar-refractivity contribution >= 4 is 17.5 Å². The lowest BCUT2D eigenvalue weighted by molar-refractivity contribution is -0.883. The highest BCUT2D eigenvalue weighted by Gasteiger charge is 2.21. The number of benzene rings is 2. The lowest BCUT2D eigenvalue weighted by Crippen LogP contribution is -3.14. The Labute approximate surface area is 183 Å². The van der Waals surface area contributed by atoms with E-state index < -0.39 is 0 Å². The number of fused-ring (bicyclic) bond motifs is 1. The maximum atomic E-state index is 12.7. The van der Waals surface area contributed by atoms with E-state index in [9.17, 15) is 9.59 Å². The van der Waals surface area contributed by atoms with Crippen LogP contribution in [-0.4, -0.2) is 44.7 Å². The number of rotatable bonds is 9. The van der Waals surface area contributed by atoms with Crippen LogP contribution in [0.1, 0.15) is 37.4 Å². The number of amides is 2. The summed E-state index contributed by atoms with van der Waals surface area (Å²) in [4.78, 5) is 26.1. The van der Waals surface area contributed by atoms with Crippen molar-refractivity contribution in [3.8, 4) is 11.5 Å². The first-order valence-electron chi connectivity index (χ1n) is 10.8. The molecular weight excluding hydrogens is 394 g/mol. The fourth-order valence-electron chi connectivity index (χ4n) is 3.66.